The highest BCUT2D eigenvalue weighted by Gasteiger charge is 1.99. The van der Waals surface area contributed by atoms with E-state index in [-0.39, 0.29) is 0 Å². The molecule has 0 spiro atoms. The first kappa shape index (κ1) is 16.9. The predicted molar refractivity (Wildman–Crippen MR) is 74.4 cm³/mol. The van der Waals surface area contributed by atoms with Crippen LogP contribution in [0.25, 0.3) is 0 Å². The minimum Gasteiger partial charge on any atom is -0.381 e. The molecule has 2 atom stereocenters. The first-order valence-corrected chi connectivity index (χ1v) is 7.36. The molecule has 0 aromatic carbocycles. The van der Waals surface area contributed by atoms with Crippen LogP contribution < -0.4 is 0 Å². The van der Waals surface area contributed by atoms with E-state index in [4.69, 9.17) is 9.47 Å². The Morgan fingerprint density at radius 1 is 0.706 bits per heavy atom. The molecule has 0 saturated heterocycles. The van der Waals surface area contributed by atoms with Crippen LogP contribution in [0.3, 0.4) is 0 Å². The normalized spacial score (nSPS) is 14.8. The lowest BCUT2D eigenvalue weighted by atomic mass is 10.1. The highest BCUT2D eigenvalue weighted by molar-refractivity contribution is 4.48. The van der Waals surface area contributed by atoms with Crippen molar-refractivity contribution in [2.24, 2.45) is 11.8 Å². The van der Waals surface area contributed by atoms with Crippen molar-refractivity contribution in [1.82, 2.24) is 0 Å². The molecule has 0 aliphatic heterocycles. The Morgan fingerprint density at radius 3 is 1.47 bits per heavy atom. The monoisotopic (exact) mass is 244 g/mol. The molecule has 0 aromatic rings. The Morgan fingerprint density at radius 2 is 1.12 bits per heavy atom. The van der Waals surface area contributed by atoms with Crippen molar-refractivity contribution in [2.75, 3.05) is 26.4 Å². The third-order valence-corrected chi connectivity index (χ3v) is 3.28. The molecule has 0 heterocycles. The fourth-order valence-electron chi connectivity index (χ4n) is 1.39. The number of hydrogen-bond donors (Lipinski definition) is 0. The average Bonchev–Trinajstić information content (AvgIpc) is 2.35. The minimum absolute atomic E-state index is 0.703. The number of hydrogen-bond acceptors (Lipinski definition) is 2. The van der Waals surface area contributed by atoms with E-state index in [1.807, 2.05) is 0 Å². The largest absolute Gasteiger partial charge is 0.381 e. The topological polar surface area (TPSA) is 18.5 Å². The van der Waals surface area contributed by atoms with E-state index in [1.54, 1.807) is 0 Å². The van der Waals surface area contributed by atoms with Crippen LogP contribution in [0.4, 0.5) is 0 Å². The fourth-order valence-corrected chi connectivity index (χ4v) is 1.39. The van der Waals surface area contributed by atoms with E-state index >= 15 is 0 Å². The summed E-state index contributed by atoms with van der Waals surface area (Å²) >= 11 is 0. The summed E-state index contributed by atoms with van der Waals surface area (Å²) in [4.78, 5) is 0. The number of ether oxygens (including phenoxy) is 2. The van der Waals surface area contributed by atoms with Gasteiger partial charge >= 0.3 is 0 Å². The summed E-state index contributed by atoms with van der Waals surface area (Å²) in [7, 11) is 0. The maximum atomic E-state index is 5.61. The van der Waals surface area contributed by atoms with Gasteiger partial charge in [0.1, 0.15) is 0 Å². The highest BCUT2D eigenvalue weighted by Crippen LogP contribution is 2.04. The van der Waals surface area contributed by atoms with Crippen LogP contribution in [0.15, 0.2) is 0 Å². The van der Waals surface area contributed by atoms with Crippen LogP contribution in [0, 0.1) is 11.8 Å². The second-order valence-electron chi connectivity index (χ2n) is 5.24. The van der Waals surface area contributed by atoms with Crippen LogP contribution in [0.1, 0.15) is 59.8 Å². The second kappa shape index (κ2) is 12.4. The zero-order chi connectivity index (χ0) is 12.9. The molecular weight excluding hydrogens is 212 g/mol. The summed E-state index contributed by atoms with van der Waals surface area (Å²) in [6.45, 7) is 12.6. The molecule has 0 bridgehead atoms. The van der Waals surface area contributed by atoms with Gasteiger partial charge in [-0.3, -0.25) is 0 Å². The third-order valence-electron chi connectivity index (χ3n) is 3.28. The maximum absolute atomic E-state index is 5.61. The van der Waals surface area contributed by atoms with E-state index < -0.39 is 0 Å². The van der Waals surface area contributed by atoms with Crippen molar-refractivity contribution in [3.8, 4) is 0 Å². The maximum Gasteiger partial charge on any atom is 0.0491 e. The van der Waals surface area contributed by atoms with Crippen molar-refractivity contribution in [3.63, 3.8) is 0 Å². The molecule has 0 N–H and O–H groups in total. The van der Waals surface area contributed by atoms with Crippen molar-refractivity contribution in [3.05, 3.63) is 0 Å². The van der Waals surface area contributed by atoms with Gasteiger partial charge in [0, 0.05) is 26.4 Å². The molecular formula is C15H32O2. The van der Waals surface area contributed by atoms with Gasteiger partial charge in [0.05, 0.1) is 0 Å². The van der Waals surface area contributed by atoms with Gasteiger partial charge in [-0.2, -0.15) is 0 Å². The van der Waals surface area contributed by atoms with E-state index in [1.165, 1.54) is 32.1 Å². The van der Waals surface area contributed by atoms with Gasteiger partial charge in [-0.05, 0) is 31.1 Å². The summed E-state index contributed by atoms with van der Waals surface area (Å²) < 4.78 is 11.2. The fraction of sp³-hybridized carbons (Fsp3) is 1.00. The van der Waals surface area contributed by atoms with Crippen LogP contribution in [0.2, 0.25) is 0 Å². The Kier molecular flexibility index (Phi) is 12.3. The molecule has 0 aliphatic carbocycles. The first-order valence-electron chi connectivity index (χ1n) is 7.36. The quantitative estimate of drug-likeness (QED) is 0.477. The standard InChI is InChI=1S/C15H32O2/c1-5-14(3)12-16-10-8-7-9-11-17-13-15(4)6-2/h14-15H,5-13H2,1-4H3. The molecule has 0 radical (unpaired) electrons. The van der Waals surface area contributed by atoms with Gasteiger partial charge in [-0.15, -0.1) is 0 Å². The summed E-state index contributed by atoms with van der Waals surface area (Å²) in [5, 5.41) is 0. The Labute approximate surface area is 108 Å². The smallest absolute Gasteiger partial charge is 0.0491 e. The van der Waals surface area contributed by atoms with Crippen LogP contribution in [-0.2, 0) is 9.47 Å². The molecule has 0 aliphatic rings. The highest BCUT2D eigenvalue weighted by atomic mass is 16.5. The van der Waals surface area contributed by atoms with Crippen molar-refractivity contribution in [1.29, 1.82) is 0 Å². The predicted octanol–water partition coefficient (Wildman–Crippen LogP) is 4.28. The molecule has 2 heteroatoms. The van der Waals surface area contributed by atoms with Gasteiger partial charge in [0.25, 0.3) is 0 Å². The van der Waals surface area contributed by atoms with Gasteiger partial charge in [0.2, 0.25) is 0 Å². The van der Waals surface area contributed by atoms with Crippen LogP contribution in [-0.4, -0.2) is 26.4 Å². The van der Waals surface area contributed by atoms with Crippen molar-refractivity contribution < 1.29 is 9.47 Å². The Balaban J connectivity index is 3.04. The Bertz CT molecular complexity index is 132. The molecule has 0 saturated carbocycles. The van der Waals surface area contributed by atoms with Gasteiger partial charge < -0.3 is 9.47 Å². The second-order valence-corrected chi connectivity index (χ2v) is 5.24. The summed E-state index contributed by atoms with van der Waals surface area (Å²) in [5.41, 5.74) is 0. The molecule has 0 aromatic heterocycles. The third kappa shape index (κ3) is 12.2. The SMILES string of the molecule is CCC(C)COCCCCCOCC(C)CC. The van der Waals surface area contributed by atoms with Gasteiger partial charge in [-0.25, -0.2) is 0 Å². The van der Waals surface area contributed by atoms with E-state index in [9.17, 15) is 0 Å². The number of rotatable bonds is 12. The minimum atomic E-state index is 0.703. The molecule has 104 valence electrons. The van der Waals surface area contributed by atoms with Gasteiger partial charge in [-0.1, -0.05) is 40.5 Å². The molecule has 2 nitrogen and oxygen atoms in total. The lowest BCUT2D eigenvalue weighted by Crippen LogP contribution is -2.07. The summed E-state index contributed by atoms with van der Waals surface area (Å²) in [5.74, 6) is 1.41. The zero-order valence-electron chi connectivity index (χ0n) is 12.3. The average molecular weight is 244 g/mol. The zero-order valence-corrected chi connectivity index (χ0v) is 12.3. The van der Waals surface area contributed by atoms with E-state index in [0.717, 1.165) is 26.4 Å². The van der Waals surface area contributed by atoms with Crippen LogP contribution >= 0.6 is 0 Å². The molecule has 2 unspecified atom stereocenters. The summed E-state index contributed by atoms with van der Waals surface area (Å²) in [6, 6.07) is 0. The lowest BCUT2D eigenvalue weighted by molar-refractivity contribution is 0.0871. The lowest BCUT2D eigenvalue weighted by Gasteiger charge is -2.10. The van der Waals surface area contributed by atoms with Gasteiger partial charge in [0.15, 0.2) is 0 Å². The Hall–Kier alpha value is -0.0800. The van der Waals surface area contributed by atoms with Crippen molar-refractivity contribution >= 4 is 0 Å². The van der Waals surface area contributed by atoms with E-state index in [2.05, 4.69) is 27.7 Å². The van der Waals surface area contributed by atoms with E-state index in [0.29, 0.717) is 11.8 Å². The first-order chi connectivity index (χ1) is 8.20. The molecule has 0 fully saturated rings. The molecule has 0 amide bonds. The molecule has 0 rings (SSSR count). The van der Waals surface area contributed by atoms with Crippen LogP contribution in [0.5, 0.6) is 0 Å². The molecule has 17 heavy (non-hydrogen) atoms. The van der Waals surface area contributed by atoms with Crippen molar-refractivity contribution in [2.45, 2.75) is 59.8 Å². The number of unbranched alkanes of at least 4 members (excludes halogenated alkanes) is 2. The summed E-state index contributed by atoms with van der Waals surface area (Å²) in [6.07, 6.45) is 5.99.